The van der Waals surface area contributed by atoms with Gasteiger partial charge in [-0.05, 0) is 38.1 Å². The first-order valence-electron chi connectivity index (χ1n) is 6.70. The van der Waals surface area contributed by atoms with E-state index in [1.807, 2.05) is 32.0 Å². The molecule has 1 heterocycles. The summed E-state index contributed by atoms with van der Waals surface area (Å²) < 4.78 is 0. The highest BCUT2D eigenvalue weighted by Gasteiger charge is 2.42. The van der Waals surface area contributed by atoms with Gasteiger partial charge in [-0.15, -0.1) is 0 Å². The lowest BCUT2D eigenvalue weighted by Crippen LogP contribution is -2.33. The monoisotopic (exact) mass is 275 g/mol. The SMILES string of the molecule is CNCC(=O)NCc1ccc2c(c1)C(C)(C)C(=O)N2C. The average Bonchev–Trinajstić information content (AvgIpc) is 2.58. The average molecular weight is 275 g/mol. The summed E-state index contributed by atoms with van der Waals surface area (Å²) in [5.74, 6) is 0.0596. The molecule has 0 aromatic heterocycles. The largest absolute Gasteiger partial charge is 0.351 e. The first kappa shape index (κ1) is 14.5. The van der Waals surface area contributed by atoms with E-state index in [9.17, 15) is 9.59 Å². The highest BCUT2D eigenvalue weighted by molar-refractivity contribution is 6.07. The molecule has 0 unspecified atom stereocenters. The number of fused-ring (bicyclic) bond motifs is 1. The van der Waals surface area contributed by atoms with Gasteiger partial charge in [0, 0.05) is 19.3 Å². The predicted molar refractivity (Wildman–Crippen MR) is 78.7 cm³/mol. The molecular weight excluding hydrogens is 254 g/mol. The molecule has 5 heteroatoms. The molecular formula is C15H21N3O2. The number of likely N-dealkylation sites (N-methyl/N-ethyl adjacent to an activating group) is 2. The molecule has 0 atom stereocenters. The minimum Gasteiger partial charge on any atom is -0.351 e. The second kappa shape index (κ2) is 5.25. The van der Waals surface area contributed by atoms with Crippen molar-refractivity contribution in [3.05, 3.63) is 29.3 Å². The van der Waals surface area contributed by atoms with E-state index in [1.165, 1.54) is 0 Å². The van der Waals surface area contributed by atoms with Gasteiger partial charge in [-0.1, -0.05) is 12.1 Å². The maximum absolute atomic E-state index is 12.2. The van der Waals surface area contributed by atoms with Crippen LogP contribution in [0.1, 0.15) is 25.0 Å². The van der Waals surface area contributed by atoms with Crippen molar-refractivity contribution in [3.8, 4) is 0 Å². The number of carbonyl (C=O) groups excluding carboxylic acids is 2. The van der Waals surface area contributed by atoms with Crippen molar-refractivity contribution < 1.29 is 9.59 Å². The van der Waals surface area contributed by atoms with Gasteiger partial charge in [-0.2, -0.15) is 0 Å². The molecule has 1 aromatic rings. The Morgan fingerprint density at radius 3 is 2.70 bits per heavy atom. The number of carbonyl (C=O) groups is 2. The second-order valence-electron chi connectivity index (χ2n) is 5.65. The van der Waals surface area contributed by atoms with Crippen LogP contribution in [0.2, 0.25) is 0 Å². The van der Waals surface area contributed by atoms with E-state index in [1.54, 1.807) is 19.0 Å². The Kier molecular flexibility index (Phi) is 3.81. The van der Waals surface area contributed by atoms with Crippen molar-refractivity contribution in [2.24, 2.45) is 0 Å². The van der Waals surface area contributed by atoms with Crippen LogP contribution >= 0.6 is 0 Å². The number of nitrogens with one attached hydrogen (secondary N) is 2. The van der Waals surface area contributed by atoms with Gasteiger partial charge in [0.2, 0.25) is 11.8 Å². The van der Waals surface area contributed by atoms with Gasteiger partial charge in [-0.3, -0.25) is 9.59 Å². The Hall–Kier alpha value is -1.88. The van der Waals surface area contributed by atoms with E-state index in [4.69, 9.17) is 0 Å². The maximum Gasteiger partial charge on any atom is 0.236 e. The summed E-state index contributed by atoms with van der Waals surface area (Å²) >= 11 is 0. The van der Waals surface area contributed by atoms with Crippen LogP contribution in [0.5, 0.6) is 0 Å². The minimum absolute atomic E-state index is 0.0412. The molecule has 5 nitrogen and oxygen atoms in total. The van der Waals surface area contributed by atoms with E-state index in [-0.39, 0.29) is 11.8 Å². The lowest BCUT2D eigenvalue weighted by Gasteiger charge is -2.16. The Morgan fingerprint density at radius 1 is 1.35 bits per heavy atom. The molecule has 20 heavy (non-hydrogen) atoms. The zero-order valence-electron chi connectivity index (χ0n) is 12.4. The molecule has 0 aliphatic carbocycles. The zero-order chi connectivity index (χ0) is 14.9. The van der Waals surface area contributed by atoms with E-state index < -0.39 is 5.41 Å². The van der Waals surface area contributed by atoms with Crippen molar-refractivity contribution in [1.29, 1.82) is 0 Å². The van der Waals surface area contributed by atoms with Crippen molar-refractivity contribution >= 4 is 17.5 Å². The van der Waals surface area contributed by atoms with E-state index in [0.29, 0.717) is 13.1 Å². The van der Waals surface area contributed by atoms with Gasteiger partial charge >= 0.3 is 0 Å². The Labute approximate surface area is 119 Å². The molecule has 1 aromatic carbocycles. The molecule has 2 N–H and O–H groups in total. The lowest BCUT2D eigenvalue weighted by molar-refractivity contribution is -0.122. The van der Waals surface area contributed by atoms with Crippen LogP contribution < -0.4 is 15.5 Å². The summed E-state index contributed by atoms with van der Waals surface area (Å²) in [6, 6.07) is 5.90. The molecule has 2 rings (SSSR count). The Morgan fingerprint density at radius 2 is 2.05 bits per heavy atom. The smallest absolute Gasteiger partial charge is 0.236 e. The molecule has 0 saturated heterocycles. The molecule has 0 saturated carbocycles. The molecule has 2 amide bonds. The van der Waals surface area contributed by atoms with Gasteiger partial charge in [0.1, 0.15) is 0 Å². The van der Waals surface area contributed by atoms with Gasteiger partial charge in [0.05, 0.1) is 12.0 Å². The van der Waals surface area contributed by atoms with Crippen molar-refractivity contribution in [3.63, 3.8) is 0 Å². The summed E-state index contributed by atoms with van der Waals surface area (Å²) in [7, 11) is 3.53. The van der Waals surface area contributed by atoms with Crippen LogP contribution in [0, 0.1) is 0 Å². The number of nitrogens with zero attached hydrogens (tertiary/aromatic N) is 1. The summed E-state index contributed by atoms with van der Waals surface area (Å²) in [4.78, 5) is 25.3. The number of rotatable bonds is 4. The Bertz CT molecular complexity index is 552. The highest BCUT2D eigenvalue weighted by Crippen LogP contribution is 2.40. The first-order chi connectivity index (χ1) is 9.37. The second-order valence-corrected chi connectivity index (χ2v) is 5.65. The zero-order valence-corrected chi connectivity index (χ0v) is 12.4. The van der Waals surface area contributed by atoms with Gasteiger partial charge < -0.3 is 15.5 Å². The van der Waals surface area contributed by atoms with Gasteiger partial charge in [0.15, 0.2) is 0 Å². The van der Waals surface area contributed by atoms with Crippen LogP contribution in [-0.2, 0) is 21.5 Å². The molecule has 1 aliphatic rings. The third kappa shape index (κ3) is 2.41. The van der Waals surface area contributed by atoms with Crippen LogP contribution in [0.3, 0.4) is 0 Å². The minimum atomic E-state index is -0.505. The predicted octanol–water partition coefficient (Wildman–Crippen LogP) is 0.776. The van der Waals surface area contributed by atoms with E-state index >= 15 is 0 Å². The van der Waals surface area contributed by atoms with Crippen LogP contribution in [0.15, 0.2) is 18.2 Å². The summed E-state index contributed by atoms with van der Waals surface area (Å²) in [5.41, 5.74) is 2.47. The molecule has 0 bridgehead atoms. The lowest BCUT2D eigenvalue weighted by atomic mass is 9.85. The quantitative estimate of drug-likeness (QED) is 0.853. The van der Waals surface area contributed by atoms with Crippen LogP contribution in [-0.4, -0.2) is 32.5 Å². The first-order valence-corrected chi connectivity index (χ1v) is 6.70. The summed E-state index contributed by atoms with van der Waals surface area (Å²) in [6.07, 6.45) is 0. The molecule has 0 radical (unpaired) electrons. The molecule has 1 aliphatic heterocycles. The Balaban J connectivity index is 2.19. The van der Waals surface area contributed by atoms with Gasteiger partial charge in [-0.25, -0.2) is 0 Å². The normalized spacial score (nSPS) is 16.2. The standard InChI is InChI=1S/C15H21N3O2/c1-15(2)11-7-10(8-17-13(19)9-16-3)5-6-12(11)18(4)14(15)20/h5-7,16H,8-9H2,1-4H3,(H,17,19). The maximum atomic E-state index is 12.2. The number of benzene rings is 1. The van der Waals surface area contributed by atoms with E-state index in [0.717, 1.165) is 16.8 Å². The highest BCUT2D eigenvalue weighted by atomic mass is 16.2. The fourth-order valence-corrected chi connectivity index (χ4v) is 2.55. The number of anilines is 1. The van der Waals surface area contributed by atoms with Crippen LogP contribution in [0.25, 0.3) is 0 Å². The fourth-order valence-electron chi connectivity index (χ4n) is 2.55. The molecule has 0 fully saturated rings. The molecule has 108 valence electrons. The third-order valence-electron chi connectivity index (χ3n) is 3.76. The van der Waals surface area contributed by atoms with Crippen molar-refractivity contribution in [2.45, 2.75) is 25.8 Å². The van der Waals surface area contributed by atoms with E-state index in [2.05, 4.69) is 10.6 Å². The number of amides is 2. The van der Waals surface area contributed by atoms with Crippen molar-refractivity contribution in [1.82, 2.24) is 10.6 Å². The molecule has 0 spiro atoms. The summed E-state index contributed by atoms with van der Waals surface area (Å²) in [5, 5.41) is 5.65. The number of hydrogen-bond donors (Lipinski definition) is 2. The fraction of sp³-hybridized carbons (Fsp3) is 0.467. The van der Waals surface area contributed by atoms with Crippen molar-refractivity contribution in [2.75, 3.05) is 25.5 Å². The summed E-state index contributed by atoms with van der Waals surface area (Å²) in [6.45, 7) is 4.64. The topological polar surface area (TPSA) is 61.4 Å². The van der Waals surface area contributed by atoms with Crippen LogP contribution in [0.4, 0.5) is 5.69 Å². The third-order valence-corrected chi connectivity index (χ3v) is 3.76. The number of hydrogen-bond acceptors (Lipinski definition) is 3. The van der Waals surface area contributed by atoms with Gasteiger partial charge in [0.25, 0.3) is 0 Å².